The molecule has 1 atom stereocenters. The van der Waals surface area contributed by atoms with Crippen LogP contribution < -0.4 is 0 Å². The number of nitrogens with zero attached hydrogens (tertiary/aromatic N) is 3. The molecular weight excluding hydrogens is 587 g/mol. The Kier molecular flexibility index (Phi) is 5.90. The number of hydrogen-bond acceptors (Lipinski definition) is 2. The van der Waals surface area contributed by atoms with Crippen molar-refractivity contribution in [2.75, 3.05) is 0 Å². The number of benzene rings is 7. The molecule has 0 spiro atoms. The summed E-state index contributed by atoms with van der Waals surface area (Å²) in [5.41, 5.74) is 12.6. The van der Waals surface area contributed by atoms with E-state index in [0.29, 0.717) is 0 Å². The highest BCUT2D eigenvalue weighted by molar-refractivity contribution is 6.18. The molecule has 2 aromatic heterocycles. The summed E-state index contributed by atoms with van der Waals surface area (Å²) in [5.74, 6) is 0. The van der Waals surface area contributed by atoms with Gasteiger partial charge in [-0.3, -0.25) is 4.99 Å². The van der Waals surface area contributed by atoms with Crippen LogP contribution in [0.1, 0.15) is 22.9 Å². The van der Waals surface area contributed by atoms with Gasteiger partial charge in [0.1, 0.15) is 11.2 Å². The van der Waals surface area contributed by atoms with Crippen LogP contribution in [0.25, 0.3) is 65.9 Å². The monoisotopic (exact) mass is 614 g/mol. The van der Waals surface area contributed by atoms with Gasteiger partial charge in [0, 0.05) is 45.0 Å². The Morgan fingerprint density at radius 2 is 1.23 bits per heavy atom. The number of rotatable bonds is 4. The summed E-state index contributed by atoms with van der Waals surface area (Å²) in [6.07, 6.45) is -0.395. The standard InChI is InChI=1S/C44H28N3O/c1-3-13-28(14-4-1)31-19-11-23-38-41(31)33-18-8-10-22-37(33)47(38)30-25-26-34-40(27-30)48-39-24-12-20-35(42(34)39)44-45-36-21-9-7-17-32(36)43(46-44)29-15-5-2-6-16-29/h1-27,44H/q-1. The normalized spacial score (nSPS) is 14.3. The van der Waals surface area contributed by atoms with E-state index in [1.54, 1.807) is 0 Å². The molecule has 0 N–H and O–H groups in total. The summed E-state index contributed by atoms with van der Waals surface area (Å²) in [6.45, 7) is 0. The largest absolute Gasteiger partial charge is 0.659 e. The van der Waals surface area contributed by atoms with Crippen molar-refractivity contribution in [3.05, 3.63) is 186 Å². The minimum atomic E-state index is -0.395. The lowest BCUT2D eigenvalue weighted by Gasteiger charge is -2.38. The van der Waals surface area contributed by atoms with E-state index in [1.807, 2.05) is 24.3 Å². The average molecular weight is 615 g/mol. The Labute approximate surface area is 277 Å². The van der Waals surface area contributed by atoms with Gasteiger partial charge < -0.3 is 14.3 Å². The lowest BCUT2D eigenvalue weighted by molar-refractivity contribution is 0.668. The van der Waals surface area contributed by atoms with E-state index in [4.69, 9.17) is 14.7 Å². The second-order valence-electron chi connectivity index (χ2n) is 12.3. The fraction of sp³-hybridized carbons (Fsp3) is 0.0227. The smallest absolute Gasteiger partial charge is 0.137 e. The van der Waals surface area contributed by atoms with Crippen LogP contribution in [0.15, 0.2) is 173 Å². The molecule has 0 radical (unpaired) electrons. The molecule has 1 unspecified atom stereocenters. The van der Waals surface area contributed by atoms with Gasteiger partial charge in [-0.25, -0.2) is 0 Å². The molecule has 0 bridgehead atoms. The molecule has 4 heteroatoms. The molecule has 4 nitrogen and oxygen atoms in total. The topological polar surface area (TPSA) is 44.5 Å². The van der Waals surface area contributed by atoms with Crippen LogP contribution in [-0.2, 0) is 0 Å². The van der Waals surface area contributed by atoms with Crippen molar-refractivity contribution >= 4 is 55.1 Å². The molecule has 0 fully saturated rings. The second-order valence-corrected chi connectivity index (χ2v) is 12.3. The summed E-state index contributed by atoms with van der Waals surface area (Å²) >= 11 is 0. The first kappa shape index (κ1) is 26.8. The number of aliphatic imine (C=N–C) groups is 1. The molecule has 10 rings (SSSR count). The number of aromatic nitrogens is 1. The zero-order valence-corrected chi connectivity index (χ0v) is 25.9. The van der Waals surface area contributed by atoms with Crippen molar-refractivity contribution in [1.29, 1.82) is 0 Å². The molecule has 0 amide bonds. The Hall–Kier alpha value is -6.39. The second kappa shape index (κ2) is 10.6. The molecular formula is C44H28N3O-. The van der Waals surface area contributed by atoms with E-state index < -0.39 is 6.17 Å². The zero-order valence-electron chi connectivity index (χ0n) is 25.9. The SMILES string of the molecule is c1ccc(C2=NC(c3cccc4oc5cc(-n6c7ccccc7c7c(-c8ccccc8)cccc76)ccc5c34)[N-]c3ccccc32)cc1. The molecule has 9 aromatic rings. The predicted molar refractivity (Wildman–Crippen MR) is 198 cm³/mol. The summed E-state index contributed by atoms with van der Waals surface area (Å²) in [7, 11) is 0. The molecule has 1 aliphatic rings. The fourth-order valence-corrected chi connectivity index (χ4v) is 7.46. The first-order chi connectivity index (χ1) is 23.8. The van der Waals surface area contributed by atoms with Gasteiger partial charge in [0.05, 0.1) is 16.7 Å². The van der Waals surface area contributed by atoms with Crippen molar-refractivity contribution in [3.63, 3.8) is 0 Å². The first-order valence-electron chi connectivity index (χ1n) is 16.3. The van der Waals surface area contributed by atoms with Gasteiger partial charge in [-0.2, -0.15) is 0 Å². The minimum Gasteiger partial charge on any atom is -0.659 e. The fourth-order valence-electron chi connectivity index (χ4n) is 7.46. The van der Waals surface area contributed by atoms with Crippen LogP contribution in [0.2, 0.25) is 0 Å². The Bertz CT molecular complexity index is 2700. The third-order valence-electron chi connectivity index (χ3n) is 9.55. The minimum absolute atomic E-state index is 0.395. The van der Waals surface area contributed by atoms with Crippen LogP contribution in [0.3, 0.4) is 0 Å². The number of fused-ring (bicyclic) bond motifs is 7. The van der Waals surface area contributed by atoms with Gasteiger partial charge in [0.2, 0.25) is 0 Å². The predicted octanol–water partition coefficient (Wildman–Crippen LogP) is 11.9. The Morgan fingerprint density at radius 3 is 2.10 bits per heavy atom. The van der Waals surface area contributed by atoms with E-state index in [2.05, 4.69) is 144 Å². The van der Waals surface area contributed by atoms with Crippen molar-refractivity contribution < 1.29 is 4.42 Å². The van der Waals surface area contributed by atoms with E-state index in [0.717, 1.165) is 66.7 Å². The van der Waals surface area contributed by atoms with Crippen molar-refractivity contribution in [2.45, 2.75) is 6.17 Å². The third-order valence-corrected chi connectivity index (χ3v) is 9.55. The van der Waals surface area contributed by atoms with Crippen LogP contribution in [0.5, 0.6) is 0 Å². The molecule has 1 aliphatic heterocycles. The van der Waals surface area contributed by atoms with Crippen LogP contribution >= 0.6 is 0 Å². The van der Waals surface area contributed by atoms with Crippen molar-refractivity contribution in [3.8, 4) is 16.8 Å². The molecule has 0 saturated carbocycles. The molecule has 3 heterocycles. The molecule has 0 saturated heterocycles. The highest BCUT2D eigenvalue weighted by atomic mass is 16.3. The highest BCUT2D eigenvalue weighted by Gasteiger charge is 2.21. The summed E-state index contributed by atoms with van der Waals surface area (Å²) < 4.78 is 8.97. The Balaban J connectivity index is 1.15. The highest BCUT2D eigenvalue weighted by Crippen LogP contribution is 2.45. The van der Waals surface area contributed by atoms with Gasteiger partial charge >= 0.3 is 0 Å². The number of furan rings is 1. The quantitative estimate of drug-likeness (QED) is 0.194. The van der Waals surface area contributed by atoms with Crippen LogP contribution in [0.4, 0.5) is 5.69 Å². The molecule has 48 heavy (non-hydrogen) atoms. The number of para-hydroxylation sites is 2. The molecule has 0 aliphatic carbocycles. The molecule has 226 valence electrons. The summed E-state index contributed by atoms with van der Waals surface area (Å²) in [4.78, 5) is 5.26. The summed E-state index contributed by atoms with van der Waals surface area (Å²) in [6, 6.07) is 57.4. The van der Waals surface area contributed by atoms with E-state index in [-0.39, 0.29) is 0 Å². The van der Waals surface area contributed by atoms with E-state index in [1.165, 1.54) is 21.9 Å². The lowest BCUT2D eigenvalue weighted by Crippen LogP contribution is -2.12. The zero-order chi connectivity index (χ0) is 31.6. The van der Waals surface area contributed by atoms with Gasteiger partial charge in [0.25, 0.3) is 0 Å². The van der Waals surface area contributed by atoms with Gasteiger partial charge in [-0.15, -0.1) is 5.69 Å². The van der Waals surface area contributed by atoms with Crippen LogP contribution in [-0.4, -0.2) is 10.3 Å². The maximum Gasteiger partial charge on any atom is 0.137 e. The maximum atomic E-state index is 6.62. The third kappa shape index (κ3) is 4.06. The summed E-state index contributed by atoms with van der Waals surface area (Å²) in [5, 5.41) is 9.74. The first-order valence-corrected chi connectivity index (χ1v) is 16.3. The van der Waals surface area contributed by atoms with Crippen molar-refractivity contribution in [2.24, 2.45) is 4.99 Å². The van der Waals surface area contributed by atoms with Crippen LogP contribution in [0, 0.1) is 0 Å². The van der Waals surface area contributed by atoms with E-state index in [9.17, 15) is 0 Å². The van der Waals surface area contributed by atoms with Gasteiger partial charge in [-0.05, 0) is 52.6 Å². The number of hydrogen-bond donors (Lipinski definition) is 0. The maximum absolute atomic E-state index is 6.62. The van der Waals surface area contributed by atoms with Crippen molar-refractivity contribution in [1.82, 2.24) is 4.57 Å². The van der Waals surface area contributed by atoms with Gasteiger partial charge in [0.15, 0.2) is 0 Å². The lowest BCUT2D eigenvalue weighted by atomic mass is 9.96. The van der Waals surface area contributed by atoms with E-state index >= 15 is 0 Å². The van der Waals surface area contributed by atoms with Gasteiger partial charge in [-0.1, -0.05) is 127 Å². The average Bonchev–Trinajstić information content (AvgIpc) is 3.70. The Morgan fingerprint density at radius 1 is 0.521 bits per heavy atom. The molecule has 7 aromatic carbocycles.